The summed E-state index contributed by atoms with van der Waals surface area (Å²) in [5.74, 6) is 0. The molecule has 0 bridgehead atoms. The number of sulfonamides is 1. The molecule has 21 heavy (non-hydrogen) atoms. The Kier molecular flexibility index (Phi) is 5.08. The monoisotopic (exact) mass is 313 g/mol. The lowest BCUT2D eigenvalue weighted by Crippen LogP contribution is -2.39. The molecule has 1 aromatic rings. The van der Waals surface area contributed by atoms with Crippen molar-refractivity contribution in [1.82, 2.24) is 4.72 Å². The van der Waals surface area contributed by atoms with Crippen LogP contribution in [0.3, 0.4) is 0 Å². The van der Waals surface area contributed by atoms with E-state index in [1.54, 1.807) is 18.2 Å². The van der Waals surface area contributed by atoms with Crippen molar-refractivity contribution < 1.29 is 13.2 Å². The lowest BCUT2D eigenvalue weighted by Gasteiger charge is -2.34. The molecule has 1 unspecified atom stereocenters. The number of benzene rings is 1. The van der Waals surface area contributed by atoms with Gasteiger partial charge in [-0.05, 0) is 45.0 Å². The molecule has 0 amide bonds. The molecule has 0 aliphatic carbocycles. The second-order valence-electron chi connectivity index (χ2n) is 5.10. The molecule has 0 saturated carbocycles. The molecule has 7 heteroatoms. The predicted octanol–water partition coefficient (Wildman–Crippen LogP) is 1.18. The molecule has 0 radical (unpaired) electrons. The number of hydrogen-bond donors (Lipinski definition) is 2. The molecular weight excluding hydrogens is 290 g/mol. The molecule has 2 rings (SSSR count). The van der Waals surface area contributed by atoms with Crippen LogP contribution in [-0.4, -0.2) is 41.3 Å². The van der Waals surface area contributed by atoms with Crippen molar-refractivity contribution in [2.24, 2.45) is 0 Å². The van der Waals surface area contributed by atoms with Crippen molar-refractivity contribution in [3.8, 4) is 0 Å². The first kappa shape index (κ1) is 16.1. The van der Waals surface area contributed by atoms with Gasteiger partial charge < -0.3 is 15.4 Å². The predicted molar refractivity (Wildman–Crippen MR) is 84.0 cm³/mol. The first-order valence-electron chi connectivity index (χ1n) is 7.17. The molecule has 1 aliphatic rings. The molecule has 0 spiro atoms. The number of nitrogens with zero attached hydrogens (tertiary/aromatic N) is 1. The van der Waals surface area contributed by atoms with Gasteiger partial charge in [-0.15, -0.1) is 0 Å². The molecule has 0 aromatic heterocycles. The van der Waals surface area contributed by atoms with Gasteiger partial charge >= 0.3 is 0 Å². The van der Waals surface area contributed by atoms with Gasteiger partial charge in [0.1, 0.15) is 4.90 Å². The van der Waals surface area contributed by atoms with Gasteiger partial charge in [0.2, 0.25) is 10.0 Å². The van der Waals surface area contributed by atoms with Crippen LogP contribution in [0.2, 0.25) is 0 Å². The summed E-state index contributed by atoms with van der Waals surface area (Å²) in [4.78, 5) is 2.31. The lowest BCUT2D eigenvalue weighted by molar-refractivity contribution is 0.0527. The van der Waals surface area contributed by atoms with Gasteiger partial charge in [0.25, 0.3) is 0 Å². The SMILES string of the molecule is CCOC1CCCN(c2ccc(S(=O)(=O)NC)c(N)c2)C1. The molecule has 3 N–H and O–H groups in total. The van der Waals surface area contributed by atoms with Crippen LogP contribution in [-0.2, 0) is 14.8 Å². The number of hydrogen-bond acceptors (Lipinski definition) is 5. The standard InChI is InChI=1S/C14H23N3O3S/c1-3-20-12-5-4-8-17(10-12)11-6-7-14(13(15)9-11)21(18,19)16-2/h6-7,9,12,16H,3-5,8,10,15H2,1-2H3. The zero-order valence-corrected chi connectivity index (χ0v) is 13.3. The third kappa shape index (κ3) is 3.66. The number of piperidine rings is 1. The van der Waals surface area contributed by atoms with E-state index in [2.05, 4.69) is 9.62 Å². The van der Waals surface area contributed by atoms with E-state index >= 15 is 0 Å². The maximum absolute atomic E-state index is 11.8. The van der Waals surface area contributed by atoms with E-state index in [1.807, 2.05) is 6.92 Å². The molecule has 1 saturated heterocycles. The number of nitrogen functional groups attached to an aromatic ring is 1. The third-order valence-corrected chi connectivity index (χ3v) is 5.19. The summed E-state index contributed by atoms with van der Waals surface area (Å²) in [7, 11) is -2.14. The highest BCUT2D eigenvalue weighted by atomic mass is 32.2. The molecular formula is C14H23N3O3S. The highest BCUT2D eigenvalue weighted by Gasteiger charge is 2.22. The van der Waals surface area contributed by atoms with Gasteiger partial charge in [-0.2, -0.15) is 0 Å². The fourth-order valence-electron chi connectivity index (χ4n) is 2.63. The number of nitrogens with one attached hydrogen (secondary N) is 1. The topological polar surface area (TPSA) is 84.7 Å². The highest BCUT2D eigenvalue weighted by molar-refractivity contribution is 7.89. The smallest absolute Gasteiger partial charge is 0.242 e. The van der Waals surface area contributed by atoms with Crippen LogP contribution in [0.1, 0.15) is 19.8 Å². The largest absolute Gasteiger partial charge is 0.398 e. The minimum atomic E-state index is -3.51. The van der Waals surface area contributed by atoms with Crippen molar-refractivity contribution in [2.45, 2.75) is 30.8 Å². The maximum Gasteiger partial charge on any atom is 0.242 e. The minimum Gasteiger partial charge on any atom is -0.398 e. The second kappa shape index (κ2) is 6.64. The van der Waals surface area contributed by atoms with Crippen molar-refractivity contribution in [1.29, 1.82) is 0 Å². The average Bonchev–Trinajstić information content (AvgIpc) is 2.47. The minimum absolute atomic E-state index is 0.118. The van der Waals surface area contributed by atoms with Gasteiger partial charge in [0, 0.05) is 25.4 Å². The van der Waals surface area contributed by atoms with Crippen molar-refractivity contribution in [3.05, 3.63) is 18.2 Å². The van der Waals surface area contributed by atoms with Crippen molar-refractivity contribution >= 4 is 21.4 Å². The van der Waals surface area contributed by atoms with Gasteiger partial charge in [-0.1, -0.05) is 0 Å². The van der Waals surface area contributed by atoms with E-state index in [0.717, 1.165) is 31.6 Å². The quantitative estimate of drug-likeness (QED) is 0.798. The zero-order chi connectivity index (χ0) is 15.5. The highest BCUT2D eigenvalue weighted by Crippen LogP contribution is 2.27. The van der Waals surface area contributed by atoms with Gasteiger partial charge in [-0.25, -0.2) is 13.1 Å². The van der Waals surface area contributed by atoms with E-state index in [9.17, 15) is 8.42 Å². The van der Waals surface area contributed by atoms with Gasteiger partial charge in [-0.3, -0.25) is 0 Å². The first-order valence-corrected chi connectivity index (χ1v) is 8.66. The summed E-state index contributed by atoms with van der Waals surface area (Å²) in [6.07, 6.45) is 2.35. The van der Waals surface area contributed by atoms with E-state index in [0.29, 0.717) is 6.61 Å². The molecule has 1 aromatic carbocycles. The Morgan fingerprint density at radius 1 is 1.48 bits per heavy atom. The fourth-order valence-corrected chi connectivity index (χ4v) is 3.47. The number of rotatable bonds is 5. The van der Waals surface area contributed by atoms with Crippen LogP contribution in [0.25, 0.3) is 0 Å². The summed E-state index contributed by atoms with van der Waals surface area (Å²) < 4.78 is 31.6. The normalized spacial score (nSPS) is 19.7. The van der Waals surface area contributed by atoms with Gasteiger partial charge in [0.15, 0.2) is 0 Å². The molecule has 1 fully saturated rings. The summed E-state index contributed by atoms with van der Waals surface area (Å²) >= 11 is 0. The Labute approximate surface area is 126 Å². The molecule has 1 heterocycles. The van der Waals surface area contributed by atoms with Crippen LogP contribution in [0, 0.1) is 0 Å². The molecule has 118 valence electrons. The van der Waals surface area contributed by atoms with Crippen LogP contribution >= 0.6 is 0 Å². The van der Waals surface area contributed by atoms with E-state index < -0.39 is 10.0 Å². The Hall–Kier alpha value is -1.31. The van der Waals surface area contributed by atoms with E-state index in [1.165, 1.54) is 7.05 Å². The second-order valence-corrected chi connectivity index (χ2v) is 6.95. The molecule has 1 atom stereocenters. The maximum atomic E-state index is 11.8. The first-order chi connectivity index (χ1) is 9.97. The summed E-state index contributed by atoms with van der Waals surface area (Å²) in [6, 6.07) is 5.08. The lowest BCUT2D eigenvalue weighted by atomic mass is 10.1. The Morgan fingerprint density at radius 3 is 2.86 bits per heavy atom. The number of ether oxygens (including phenoxy) is 1. The summed E-state index contributed by atoms with van der Waals surface area (Å²) in [6.45, 7) is 4.45. The third-order valence-electron chi connectivity index (χ3n) is 3.70. The van der Waals surface area contributed by atoms with Crippen LogP contribution in [0.5, 0.6) is 0 Å². The zero-order valence-electron chi connectivity index (χ0n) is 12.5. The van der Waals surface area contributed by atoms with E-state index in [-0.39, 0.29) is 16.7 Å². The molecule has 1 aliphatic heterocycles. The Balaban J connectivity index is 2.20. The van der Waals surface area contributed by atoms with Crippen LogP contribution < -0.4 is 15.4 Å². The number of nitrogens with two attached hydrogens (primary N) is 1. The van der Waals surface area contributed by atoms with E-state index in [4.69, 9.17) is 10.5 Å². The average molecular weight is 313 g/mol. The molecule has 6 nitrogen and oxygen atoms in total. The summed E-state index contributed by atoms with van der Waals surface area (Å²) in [5.41, 5.74) is 7.11. The Morgan fingerprint density at radius 2 is 2.24 bits per heavy atom. The van der Waals surface area contributed by atoms with Crippen molar-refractivity contribution in [2.75, 3.05) is 37.4 Å². The number of anilines is 2. The fraction of sp³-hybridized carbons (Fsp3) is 0.571. The van der Waals surface area contributed by atoms with Crippen molar-refractivity contribution in [3.63, 3.8) is 0 Å². The summed E-state index contributed by atoms with van der Waals surface area (Å²) in [5, 5.41) is 0. The van der Waals surface area contributed by atoms with Gasteiger partial charge in [0.05, 0.1) is 11.8 Å². The van der Waals surface area contributed by atoms with Crippen LogP contribution in [0.4, 0.5) is 11.4 Å². The Bertz CT molecular complexity index is 587. The van der Waals surface area contributed by atoms with Crippen LogP contribution in [0.15, 0.2) is 23.1 Å².